The molecule has 2 unspecified atom stereocenters. The van der Waals surface area contributed by atoms with Crippen molar-refractivity contribution >= 4 is 46.4 Å². The van der Waals surface area contributed by atoms with Crippen LogP contribution in [0.25, 0.3) is 0 Å². The van der Waals surface area contributed by atoms with E-state index in [1.807, 2.05) is 0 Å². The second-order valence-corrected chi connectivity index (χ2v) is 14.0. The molecule has 0 bridgehead atoms. The molecule has 2 aromatic carbocycles. The molecule has 4 aromatic rings. The minimum atomic E-state index is -3.08. The third-order valence-corrected chi connectivity index (χ3v) is 9.77. The van der Waals surface area contributed by atoms with Crippen LogP contribution >= 0.6 is 46.4 Å². The van der Waals surface area contributed by atoms with Gasteiger partial charge in [0, 0.05) is 37.6 Å². The average Bonchev–Trinajstić information content (AvgIpc) is 4.02. The number of pyridine rings is 2. The molecule has 2 fully saturated rings. The number of rotatable bonds is 18. The van der Waals surface area contributed by atoms with Crippen molar-refractivity contribution in [2.75, 3.05) is 13.2 Å². The highest BCUT2D eigenvalue weighted by Gasteiger charge is 2.29. The number of ether oxygens (including phenoxy) is 5. The van der Waals surface area contributed by atoms with Crippen LogP contribution in [0.4, 0.5) is 17.6 Å². The van der Waals surface area contributed by atoms with Gasteiger partial charge < -0.3 is 23.7 Å². The Balaban J connectivity index is 1.43. The zero-order valence-corrected chi connectivity index (χ0v) is 29.9. The van der Waals surface area contributed by atoms with Crippen LogP contribution in [0, 0.1) is 11.8 Å². The normalized spacial score (nSPS) is 15.6. The highest BCUT2D eigenvalue weighted by atomic mass is 35.5. The second-order valence-electron chi connectivity index (χ2n) is 12.4. The lowest BCUT2D eigenvalue weighted by atomic mass is 9.98. The molecule has 2 aromatic heterocycles. The van der Waals surface area contributed by atoms with Crippen molar-refractivity contribution in [3.05, 3.63) is 104 Å². The van der Waals surface area contributed by atoms with Crippen LogP contribution in [-0.4, -0.2) is 36.4 Å². The first kappa shape index (κ1) is 37.5. The first-order valence-corrected chi connectivity index (χ1v) is 17.7. The standard InChI is InChI=1S/C36H32Cl4F4N2O5/c37-25-13-45-14-26(38)23(25)11-31(21-5-7-29(50-35(41)42)33(9-21)47-17-19-1-2-19)49-32(12-24-27(39)15-46-16-28(24)40)22-6-8-30(51-36(43)44)34(10-22)48-18-20-3-4-20/h5-10,13-16,19-20,31-32,35-36H,1-4,11-12,17-18H2. The summed E-state index contributed by atoms with van der Waals surface area (Å²) in [5.41, 5.74) is 2.07. The van der Waals surface area contributed by atoms with E-state index in [2.05, 4.69) is 9.97 Å². The third-order valence-electron chi connectivity index (χ3n) is 8.47. The lowest BCUT2D eigenvalue weighted by molar-refractivity contribution is -0.0521. The molecule has 15 heteroatoms. The minimum absolute atomic E-state index is 0.100. The smallest absolute Gasteiger partial charge is 0.387 e. The Morgan fingerprint density at radius 3 is 1.27 bits per heavy atom. The molecule has 2 aliphatic rings. The molecule has 2 saturated carbocycles. The molecular formula is C36H32Cl4F4N2O5. The fraction of sp³-hybridized carbons (Fsp3) is 0.389. The first-order valence-electron chi connectivity index (χ1n) is 16.2. The Kier molecular flexibility index (Phi) is 12.6. The Morgan fingerprint density at radius 2 is 0.941 bits per heavy atom. The summed E-state index contributed by atoms with van der Waals surface area (Å²) in [6.45, 7) is -5.49. The summed E-state index contributed by atoms with van der Waals surface area (Å²) in [4.78, 5) is 8.11. The number of alkyl halides is 4. The van der Waals surface area contributed by atoms with Gasteiger partial charge in [-0.15, -0.1) is 0 Å². The van der Waals surface area contributed by atoms with Gasteiger partial charge in [0.2, 0.25) is 0 Å². The van der Waals surface area contributed by atoms with Gasteiger partial charge in [-0.05, 0) is 84.0 Å². The van der Waals surface area contributed by atoms with Crippen LogP contribution in [0.3, 0.4) is 0 Å². The van der Waals surface area contributed by atoms with E-state index in [0.29, 0.717) is 47.3 Å². The van der Waals surface area contributed by atoms with E-state index < -0.39 is 25.4 Å². The van der Waals surface area contributed by atoms with Crippen LogP contribution in [0.2, 0.25) is 20.1 Å². The summed E-state index contributed by atoms with van der Waals surface area (Å²) < 4.78 is 82.0. The van der Waals surface area contributed by atoms with Crippen molar-refractivity contribution in [2.24, 2.45) is 11.8 Å². The molecular weight excluding hydrogens is 758 g/mol. The number of benzene rings is 2. The van der Waals surface area contributed by atoms with Gasteiger partial charge in [0.25, 0.3) is 0 Å². The molecule has 6 rings (SSSR count). The maximum Gasteiger partial charge on any atom is 0.387 e. The molecule has 0 saturated heterocycles. The second kappa shape index (κ2) is 17.1. The van der Waals surface area contributed by atoms with Crippen molar-refractivity contribution in [1.82, 2.24) is 9.97 Å². The van der Waals surface area contributed by atoms with Gasteiger partial charge >= 0.3 is 13.2 Å². The Hall–Kier alpha value is -3.22. The predicted molar refractivity (Wildman–Crippen MR) is 185 cm³/mol. The van der Waals surface area contributed by atoms with E-state index in [1.54, 1.807) is 24.3 Å². The summed E-state index contributed by atoms with van der Waals surface area (Å²) >= 11 is 26.3. The van der Waals surface area contributed by atoms with Crippen molar-refractivity contribution in [3.63, 3.8) is 0 Å². The van der Waals surface area contributed by atoms with Gasteiger partial charge in [0.15, 0.2) is 23.0 Å². The van der Waals surface area contributed by atoms with Crippen LogP contribution < -0.4 is 18.9 Å². The summed E-state index contributed by atoms with van der Waals surface area (Å²) in [7, 11) is 0. The fourth-order valence-electron chi connectivity index (χ4n) is 5.37. The van der Waals surface area contributed by atoms with Gasteiger partial charge in [-0.2, -0.15) is 17.6 Å². The number of hydrogen-bond donors (Lipinski definition) is 0. The number of nitrogens with zero attached hydrogens (tertiary/aromatic N) is 2. The molecule has 0 radical (unpaired) electrons. The Morgan fingerprint density at radius 1 is 0.569 bits per heavy atom. The number of halogens is 8. The molecule has 7 nitrogen and oxygen atoms in total. The Labute approximate surface area is 312 Å². The molecule has 51 heavy (non-hydrogen) atoms. The van der Waals surface area contributed by atoms with Crippen LogP contribution in [-0.2, 0) is 17.6 Å². The highest BCUT2D eigenvalue weighted by molar-refractivity contribution is 6.36. The average molecular weight is 790 g/mol. The summed E-state index contributed by atoms with van der Waals surface area (Å²) in [6, 6.07) is 9.12. The predicted octanol–water partition coefficient (Wildman–Crippen LogP) is 11.2. The van der Waals surface area contributed by atoms with Crippen LogP contribution in [0.1, 0.15) is 60.1 Å². The van der Waals surface area contributed by atoms with E-state index in [4.69, 9.17) is 70.1 Å². The van der Waals surface area contributed by atoms with Crippen LogP contribution in [0.15, 0.2) is 61.2 Å². The van der Waals surface area contributed by atoms with Gasteiger partial charge in [-0.1, -0.05) is 58.5 Å². The molecule has 0 aliphatic heterocycles. The zero-order valence-electron chi connectivity index (χ0n) is 26.9. The largest absolute Gasteiger partial charge is 0.489 e. The molecule has 0 amide bonds. The number of hydrogen-bond acceptors (Lipinski definition) is 7. The lowest BCUT2D eigenvalue weighted by Gasteiger charge is -2.28. The SMILES string of the molecule is FC(F)Oc1ccc(C(Cc2c(Cl)cncc2Cl)OC(Cc2c(Cl)cncc2Cl)c2ccc(OC(F)F)c(OCC3CC3)c2)cc1OCC1CC1. The van der Waals surface area contributed by atoms with Crippen molar-refractivity contribution in [2.45, 2.75) is 64.0 Å². The van der Waals surface area contributed by atoms with E-state index in [1.165, 1.54) is 36.9 Å². The van der Waals surface area contributed by atoms with Crippen LogP contribution in [0.5, 0.6) is 23.0 Å². The maximum atomic E-state index is 13.4. The van der Waals surface area contributed by atoms with Gasteiger partial charge in [0.05, 0.1) is 45.5 Å². The van der Waals surface area contributed by atoms with Crippen molar-refractivity contribution in [3.8, 4) is 23.0 Å². The molecule has 272 valence electrons. The highest BCUT2D eigenvalue weighted by Crippen LogP contribution is 2.43. The quantitative estimate of drug-likeness (QED) is 0.0930. The topological polar surface area (TPSA) is 71.9 Å². The maximum absolute atomic E-state index is 13.4. The molecule has 2 atom stereocenters. The summed E-state index contributed by atoms with van der Waals surface area (Å²) in [5, 5.41) is 1.11. The molecule has 0 N–H and O–H groups in total. The zero-order chi connectivity index (χ0) is 36.1. The van der Waals surface area contributed by atoms with Crippen molar-refractivity contribution in [1.29, 1.82) is 0 Å². The molecule has 0 spiro atoms. The molecule has 2 heterocycles. The summed E-state index contributed by atoms with van der Waals surface area (Å²) in [6.07, 6.45) is 8.18. The third kappa shape index (κ3) is 10.4. The molecule has 2 aliphatic carbocycles. The fourth-order valence-corrected chi connectivity index (χ4v) is 6.41. The van der Waals surface area contributed by atoms with Gasteiger partial charge in [-0.3, -0.25) is 9.97 Å². The lowest BCUT2D eigenvalue weighted by Crippen LogP contribution is -2.17. The van der Waals surface area contributed by atoms with Gasteiger partial charge in [-0.25, -0.2) is 0 Å². The Bertz CT molecular complexity index is 1650. The van der Waals surface area contributed by atoms with Gasteiger partial charge in [0.1, 0.15) is 0 Å². The van der Waals surface area contributed by atoms with E-state index in [-0.39, 0.29) is 55.9 Å². The van der Waals surface area contributed by atoms with E-state index >= 15 is 0 Å². The van der Waals surface area contributed by atoms with E-state index in [9.17, 15) is 17.6 Å². The first-order chi connectivity index (χ1) is 24.5. The summed E-state index contributed by atoms with van der Waals surface area (Å²) in [5.74, 6) is 0.603. The minimum Gasteiger partial charge on any atom is -0.489 e. The van der Waals surface area contributed by atoms with Crippen molar-refractivity contribution < 1.29 is 41.2 Å². The monoisotopic (exact) mass is 788 g/mol. The van der Waals surface area contributed by atoms with E-state index in [0.717, 1.165) is 25.7 Å². The number of aromatic nitrogens is 2.